The van der Waals surface area contributed by atoms with Crippen LogP contribution >= 0.6 is 11.8 Å². The lowest BCUT2D eigenvalue weighted by Gasteiger charge is -2.16. The first-order chi connectivity index (χ1) is 14.9. The molecule has 0 amide bonds. The van der Waals surface area contributed by atoms with Crippen LogP contribution in [0.1, 0.15) is 18.7 Å². The molecule has 1 saturated heterocycles. The number of aromatic nitrogens is 3. The van der Waals surface area contributed by atoms with E-state index in [9.17, 15) is 0 Å². The summed E-state index contributed by atoms with van der Waals surface area (Å²) in [5.41, 5.74) is 3.32. The second kappa shape index (κ2) is 8.90. The van der Waals surface area contributed by atoms with Crippen LogP contribution in [0.2, 0.25) is 0 Å². The summed E-state index contributed by atoms with van der Waals surface area (Å²) >= 11 is 1.65. The molecule has 0 spiro atoms. The van der Waals surface area contributed by atoms with Crippen LogP contribution in [0.4, 0.5) is 0 Å². The van der Waals surface area contributed by atoms with Gasteiger partial charge in [-0.15, -0.1) is 0 Å². The fourth-order valence-electron chi connectivity index (χ4n) is 3.72. The van der Waals surface area contributed by atoms with Crippen LogP contribution in [0.15, 0.2) is 82.6 Å². The number of nitrogens with zero attached hydrogens (tertiary/aromatic N) is 3. The molecule has 1 aliphatic rings. The Morgan fingerprint density at radius 1 is 0.933 bits per heavy atom. The fraction of sp³-hybridized carbons (Fsp3) is 0.250. The molecule has 1 atom stereocenters. The van der Waals surface area contributed by atoms with Gasteiger partial charge in [0.15, 0.2) is 10.9 Å². The largest absolute Gasteiger partial charge is 0.440 e. The minimum atomic E-state index is 0.243. The van der Waals surface area contributed by atoms with Crippen molar-refractivity contribution in [3.63, 3.8) is 0 Å². The third kappa shape index (κ3) is 4.20. The lowest BCUT2D eigenvalue weighted by Crippen LogP contribution is -2.16. The van der Waals surface area contributed by atoms with Crippen molar-refractivity contribution >= 4 is 11.8 Å². The summed E-state index contributed by atoms with van der Waals surface area (Å²) in [6, 6.07) is 20.4. The summed E-state index contributed by atoms with van der Waals surface area (Å²) in [4.78, 5) is 9.17. The lowest BCUT2D eigenvalue weighted by atomic mass is 10.1. The van der Waals surface area contributed by atoms with Crippen LogP contribution in [-0.4, -0.2) is 27.2 Å². The number of oxazole rings is 1. The van der Waals surface area contributed by atoms with Crippen molar-refractivity contribution in [2.24, 2.45) is 0 Å². The summed E-state index contributed by atoms with van der Waals surface area (Å²) < 4.78 is 14.1. The normalized spacial score (nSPS) is 16.2. The van der Waals surface area contributed by atoms with E-state index in [2.05, 4.69) is 33.8 Å². The Kier molecular flexibility index (Phi) is 5.68. The van der Waals surface area contributed by atoms with E-state index < -0.39 is 0 Å². The van der Waals surface area contributed by atoms with Crippen molar-refractivity contribution in [2.75, 3.05) is 6.61 Å². The maximum Gasteiger partial charge on any atom is 0.205 e. The molecule has 2 aromatic carbocycles. The highest BCUT2D eigenvalue weighted by Crippen LogP contribution is 2.30. The van der Waals surface area contributed by atoms with Gasteiger partial charge in [0.1, 0.15) is 0 Å². The van der Waals surface area contributed by atoms with Gasteiger partial charge in [0.25, 0.3) is 0 Å². The summed E-state index contributed by atoms with van der Waals surface area (Å²) in [5, 5.41) is 0.962. The molecule has 1 fully saturated rings. The van der Waals surface area contributed by atoms with Gasteiger partial charge in [-0.05, 0) is 18.4 Å². The van der Waals surface area contributed by atoms with Crippen LogP contribution < -0.4 is 0 Å². The molecular formula is C24H23N3O2S. The van der Waals surface area contributed by atoms with E-state index in [1.54, 1.807) is 18.0 Å². The van der Waals surface area contributed by atoms with E-state index in [4.69, 9.17) is 14.1 Å². The van der Waals surface area contributed by atoms with Gasteiger partial charge in [0.2, 0.25) is 5.89 Å². The summed E-state index contributed by atoms with van der Waals surface area (Å²) in [6.45, 7) is 1.66. The number of hydrogen-bond acceptors (Lipinski definition) is 5. The standard InChI is InChI=1S/C24H23N3O2S/c1-3-8-18(9-4-1)21-14-26-24(27(21)16-20-12-7-13-28-20)30-17-23-25-15-22(29-23)19-10-5-2-6-11-19/h1-6,8-11,14-15,20H,7,12-13,16-17H2. The highest BCUT2D eigenvalue weighted by atomic mass is 32.2. The molecule has 0 aliphatic carbocycles. The lowest BCUT2D eigenvalue weighted by molar-refractivity contribution is 0.0954. The number of hydrogen-bond donors (Lipinski definition) is 0. The average Bonchev–Trinajstić information content (AvgIpc) is 3.56. The highest BCUT2D eigenvalue weighted by molar-refractivity contribution is 7.98. The predicted octanol–water partition coefficient (Wildman–Crippen LogP) is 5.68. The van der Waals surface area contributed by atoms with Gasteiger partial charge in [-0.2, -0.15) is 0 Å². The van der Waals surface area contributed by atoms with Crippen molar-refractivity contribution in [3.8, 4) is 22.6 Å². The Labute approximate surface area is 180 Å². The van der Waals surface area contributed by atoms with E-state index in [0.29, 0.717) is 11.6 Å². The van der Waals surface area contributed by atoms with Gasteiger partial charge in [0.05, 0.1) is 36.5 Å². The molecule has 6 heteroatoms. The molecular weight excluding hydrogens is 394 g/mol. The molecule has 5 nitrogen and oxygen atoms in total. The van der Waals surface area contributed by atoms with Gasteiger partial charge in [-0.3, -0.25) is 0 Å². The number of benzene rings is 2. The highest BCUT2D eigenvalue weighted by Gasteiger charge is 2.21. The van der Waals surface area contributed by atoms with Gasteiger partial charge >= 0.3 is 0 Å². The Morgan fingerprint density at radius 2 is 1.70 bits per heavy atom. The quantitative estimate of drug-likeness (QED) is 0.362. The Hall–Kier alpha value is -2.83. The maximum atomic E-state index is 5.96. The molecule has 5 rings (SSSR count). The van der Waals surface area contributed by atoms with Crippen molar-refractivity contribution in [3.05, 3.63) is 78.9 Å². The van der Waals surface area contributed by atoms with Gasteiger partial charge < -0.3 is 13.7 Å². The monoisotopic (exact) mass is 417 g/mol. The molecule has 0 bridgehead atoms. The molecule has 0 N–H and O–H groups in total. The molecule has 30 heavy (non-hydrogen) atoms. The first-order valence-corrected chi connectivity index (χ1v) is 11.2. The smallest absolute Gasteiger partial charge is 0.205 e. The van der Waals surface area contributed by atoms with Gasteiger partial charge in [0, 0.05) is 12.2 Å². The van der Waals surface area contributed by atoms with E-state index in [1.165, 1.54) is 0 Å². The molecule has 1 aliphatic heterocycles. The third-order valence-corrected chi connectivity index (χ3v) is 6.21. The zero-order valence-corrected chi connectivity index (χ0v) is 17.4. The molecule has 2 aromatic heterocycles. The van der Waals surface area contributed by atoms with Gasteiger partial charge in [-0.1, -0.05) is 72.4 Å². The number of rotatable bonds is 7. The zero-order chi connectivity index (χ0) is 20.2. The molecule has 4 aromatic rings. The molecule has 0 radical (unpaired) electrons. The van der Waals surface area contributed by atoms with Crippen LogP contribution in [0.3, 0.4) is 0 Å². The van der Waals surface area contributed by atoms with E-state index in [0.717, 1.165) is 53.7 Å². The summed E-state index contributed by atoms with van der Waals surface area (Å²) in [5.74, 6) is 2.12. The van der Waals surface area contributed by atoms with Crippen molar-refractivity contribution in [1.29, 1.82) is 0 Å². The van der Waals surface area contributed by atoms with Crippen molar-refractivity contribution in [1.82, 2.24) is 14.5 Å². The minimum Gasteiger partial charge on any atom is -0.440 e. The topological polar surface area (TPSA) is 53.1 Å². The number of imidazole rings is 1. The average molecular weight is 418 g/mol. The second-order valence-corrected chi connectivity index (χ2v) is 8.25. The maximum absolute atomic E-state index is 5.96. The van der Waals surface area contributed by atoms with Crippen LogP contribution in [0.25, 0.3) is 22.6 Å². The zero-order valence-electron chi connectivity index (χ0n) is 16.6. The minimum absolute atomic E-state index is 0.243. The third-order valence-electron chi connectivity index (χ3n) is 5.24. The Balaban J connectivity index is 1.36. The summed E-state index contributed by atoms with van der Waals surface area (Å²) in [6.07, 6.45) is 6.21. The van der Waals surface area contributed by atoms with Crippen LogP contribution in [-0.2, 0) is 17.0 Å². The Morgan fingerprint density at radius 3 is 2.43 bits per heavy atom. The fourth-order valence-corrected chi connectivity index (χ4v) is 4.56. The first-order valence-electron chi connectivity index (χ1n) is 10.2. The van der Waals surface area contributed by atoms with E-state index in [-0.39, 0.29) is 6.10 Å². The van der Waals surface area contributed by atoms with Crippen LogP contribution in [0.5, 0.6) is 0 Å². The molecule has 1 unspecified atom stereocenters. The molecule has 152 valence electrons. The second-order valence-electron chi connectivity index (χ2n) is 7.31. The first kappa shape index (κ1) is 19.2. The van der Waals surface area contributed by atoms with E-state index in [1.807, 2.05) is 42.6 Å². The Bertz CT molecular complexity index is 1090. The van der Waals surface area contributed by atoms with E-state index >= 15 is 0 Å². The van der Waals surface area contributed by atoms with Crippen molar-refractivity contribution in [2.45, 2.75) is 36.4 Å². The number of ether oxygens (including phenoxy) is 1. The summed E-state index contributed by atoms with van der Waals surface area (Å²) in [7, 11) is 0. The van der Waals surface area contributed by atoms with Crippen molar-refractivity contribution < 1.29 is 9.15 Å². The molecule has 0 saturated carbocycles. The number of thioether (sulfide) groups is 1. The predicted molar refractivity (Wildman–Crippen MR) is 118 cm³/mol. The van der Waals surface area contributed by atoms with Crippen LogP contribution in [0, 0.1) is 0 Å². The SMILES string of the molecule is c1ccc(-c2cnc(CSc3ncc(-c4ccccc4)n3CC3CCCO3)o2)cc1. The van der Waals surface area contributed by atoms with Gasteiger partial charge in [-0.25, -0.2) is 9.97 Å². The molecule has 3 heterocycles.